The van der Waals surface area contributed by atoms with Gasteiger partial charge in [0.05, 0.1) is 0 Å². The van der Waals surface area contributed by atoms with Gasteiger partial charge in [-0.2, -0.15) is 29.8 Å². The maximum atomic E-state index is 12.3. The average Bonchev–Trinajstić information content (AvgIpc) is 2.39. The lowest BCUT2D eigenvalue weighted by atomic mass is 10.4. The highest BCUT2D eigenvalue weighted by Gasteiger charge is 2.34. The summed E-state index contributed by atoms with van der Waals surface area (Å²) in [5.74, 6) is 0. The number of rotatable bonds is 3. The quantitative estimate of drug-likeness (QED) is 0.574. The fraction of sp³-hybridized carbons (Fsp3) is 1.00. The highest BCUT2D eigenvalue weighted by atomic mass is 32.2. The number of nitrogens with one attached hydrogen (secondary N) is 1. The molecule has 0 spiro atoms. The van der Waals surface area contributed by atoms with Crippen LogP contribution in [0.5, 0.6) is 0 Å². The number of hydrogen-bond donors (Lipinski definition) is 2. The maximum absolute atomic E-state index is 12.3. The van der Waals surface area contributed by atoms with E-state index in [2.05, 4.69) is 5.32 Å². The molecule has 0 atom stereocenters. The van der Waals surface area contributed by atoms with Gasteiger partial charge in [0.15, 0.2) is 0 Å². The first-order valence-corrected chi connectivity index (χ1v) is 8.95. The Bertz CT molecular complexity index is 505. The summed E-state index contributed by atoms with van der Waals surface area (Å²) in [5.41, 5.74) is 0. The minimum Gasteiger partial charge on any atom is -0.314 e. The molecule has 19 heavy (non-hydrogen) atoms. The zero-order valence-corrected chi connectivity index (χ0v) is 12.2. The lowest BCUT2D eigenvalue weighted by molar-refractivity contribution is 0.248. The van der Waals surface area contributed by atoms with E-state index in [0.717, 1.165) is 4.31 Å². The molecule has 0 aliphatic carbocycles. The molecule has 9 nitrogen and oxygen atoms in total. The van der Waals surface area contributed by atoms with Crippen LogP contribution in [-0.2, 0) is 20.4 Å². The Morgan fingerprint density at radius 2 is 1.16 bits per heavy atom. The first kappa shape index (κ1) is 15.1. The van der Waals surface area contributed by atoms with E-state index in [-0.39, 0.29) is 26.2 Å². The standard InChI is InChI=1S/C8H19N5O4S2/c9-18(14,15)11-5-7-13(8-6-11)19(16,17)12-3-1-10-2-4-12/h10H,1-8H2,(H2,9,14,15). The lowest BCUT2D eigenvalue weighted by Gasteiger charge is -2.36. The summed E-state index contributed by atoms with van der Waals surface area (Å²) in [4.78, 5) is 0. The van der Waals surface area contributed by atoms with E-state index in [4.69, 9.17) is 5.14 Å². The summed E-state index contributed by atoms with van der Waals surface area (Å²) in [6, 6.07) is 0. The molecule has 0 aromatic heterocycles. The molecule has 112 valence electrons. The zero-order chi connectivity index (χ0) is 14.1. The van der Waals surface area contributed by atoms with Crippen LogP contribution in [0.4, 0.5) is 0 Å². The summed E-state index contributed by atoms with van der Waals surface area (Å²) >= 11 is 0. The molecule has 2 rings (SSSR count). The van der Waals surface area contributed by atoms with Crippen molar-refractivity contribution in [1.29, 1.82) is 0 Å². The van der Waals surface area contributed by atoms with E-state index in [1.54, 1.807) is 0 Å². The molecule has 0 amide bonds. The largest absolute Gasteiger partial charge is 0.314 e. The van der Waals surface area contributed by atoms with Gasteiger partial charge in [-0.3, -0.25) is 0 Å². The van der Waals surface area contributed by atoms with E-state index in [1.807, 2.05) is 0 Å². The van der Waals surface area contributed by atoms with Gasteiger partial charge in [-0.1, -0.05) is 0 Å². The third-order valence-corrected chi connectivity index (χ3v) is 6.41. The topological polar surface area (TPSA) is 116 Å². The van der Waals surface area contributed by atoms with Crippen LogP contribution >= 0.6 is 0 Å². The van der Waals surface area contributed by atoms with Gasteiger partial charge in [-0.05, 0) is 0 Å². The molecular weight excluding hydrogens is 294 g/mol. The Balaban J connectivity index is 2.00. The van der Waals surface area contributed by atoms with Crippen molar-refractivity contribution < 1.29 is 16.8 Å². The van der Waals surface area contributed by atoms with Crippen LogP contribution in [0.2, 0.25) is 0 Å². The fourth-order valence-corrected chi connectivity index (χ4v) is 4.46. The number of nitrogens with zero attached hydrogens (tertiary/aromatic N) is 3. The van der Waals surface area contributed by atoms with Crippen molar-refractivity contribution in [3.8, 4) is 0 Å². The summed E-state index contributed by atoms with van der Waals surface area (Å²) in [6.45, 7) is 2.64. The van der Waals surface area contributed by atoms with E-state index in [0.29, 0.717) is 26.2 Å². The van der Waals surface area contributed by atoms with Crippen LogP contribution in [0, 0.1) is 0 Å². The monoisotopic (exact) mass is 313 g/mol. The van der Waals surface area contributed by atoms with Crippen LogP contribution in [0.1, 0.15) is 0 Å². The normalized spacial score (nSPS) is 25.5. The van der Waals surface area contributed by atoms with Crippen molar-refractivity contribution in [3.63, 3.8) is 0 Å². The van der Waals surface area contributed by atoms with Crippen LogP contribution in [-0.4, -0.2) is 82.1 Å². The van der Waals surface area contributed by atoms with Gasteiger partial charge in [0.25, 0.3) is 20.4 Å². The minimum atomic E-state index is -3.73. The van der Waals surface area contributed by atoms with Crippen LogP contribution in [0.15, 0.2) is 0 Å². The van der Waals surface area contributed by atoms with Crippen molar-refractivity contribution in [2.75, 3.05) is 52.4 Å². The first-order chi connectivity index (χ1) is 8.82. The Morgan fingerprint density at radius 1 is 0.737 bits per heavy atom. The molecule has 3 N–H and O–H groups in total. The molecule has 0 unspecified atom stereocenters. The second-order valence-corrected chi connectivity index (χ2v) is 7.97. The molecular formula is C8H19N5O4S2. The van der Waals surface area contributed by atoms with E-state index in [1.165, 1.54) is 8.61 Å². The van der Waals surface area contributed by atoms with E-state index in [9.17, 15) is 16.8 Å². The van der Waals surface area contributed by atoms with Crippen LogP contribution < -0.4 is 10.5 Å². The van der Waals surface area contributed by atoms with Crippen LogP contribution in [0.25, 0.3) is 0 Å². The molecule has 2 saturated heterocycles. The second-order valence-electron chi connectivity index (χ2n) is 4.50. The van der Waals surface area contributed by atoms with Crippen molar-refractivity contribution in [1.82, 2.24) is 18.2 Å². The Morgan fingerprint density at radius 3 is 1.63 bits per heavy atom. The summed E-state index contributed by atoms with van der Waals surface area (Å²) < 4.78 is 50.8. The number of hydrogen-bond acceptors (Lipinski definition) is 5. The predicted molar refractivity (Wildman–Crippen MR) is 69.6 cm³/mol. The predicted octanol–water partition coefficient (Wildman–Crippen LogP) is -3.04. The minimum absolute atomic E-state index is 0.101. The van der Waals surface area contributed by atoms with Crippen molar-refractivity contribution in [2.24, 2.45) is 5.14 Å². The molecule has 2 aliphatic rings. The summed E-state index contributed by atoms with van der Waals surface area (Å²) in [7, 11) is -7.22. The Kier molecular flexibility index (Phi) is 4.45. The van der Waals surface area contributed by atoms with Gasteiger partial charge in [-0.15, -0.1) is 0 Å². The zero-order valence-electron chi connectivity index (χ0n) is 10.5. The molecule has 0 bridgehead atoms. The molecule has 0 aromatic carbocycles. The van der Waals surface area contributed by atoms with Gasteiger partial charge >= 0.3 is 0 Å². The lowest BCUT2D eigenvalue weighted by Crippen LogP contribution is -2.57. The van der Waals surface area contributed by atoms with Crippen molar-refractivity contribution in [3.05, 3.63) is 0 Å². The third-order valence-electron chi connectivity index (χ3n) is 3.29. The molecule has 2 fully saturated rings. The highest BCUT2D eigenvalue weighted by molar-refractivity contribution is 7.87. The van der Waals surface area contributed by atoms with E-state index < -0.39 is 20.4 Å². The molecule has 0 radical (unpaired) electrons. The fourth-order valence-electron chi connectivity index (χ4n) is 2.19. The SMILES string of the molecule is NS(=O)(=O)N1CCN(S(=O)(=O)N2CCNCC2)CC1. The maximum Gasteiger partial charge on any atom is 0.282 e. The third kappa shape index (κ3) is 3.42. The van der Waals surface area contributed by atoms with Gasteiger partial charge < -0.3 is 5.32 Å². The van der Waals surface area contributed by atoms with Crippen molar-refractivity contribution >= 4 is 20.4 Å². The molecule has 11 heteroatoms. The van der Waals surface area contributed by atoms with Gasteiger partial charge in [-0.25, -0.2) is 5.14 Å². The molecule has 2 aliphatic heterocycles. The summed E-state index contributed by atoms with van der Waals surface area (Å²) in [6.07, 6.45) is 0. The summed E-state index contributed by atoms with van der Waals surface area (Å²) in [5, 5.41) is 8.11. The van der Waals surface area contributed by atoms with E-state index >= 15 is 0 Å². The highest BCUT2D eigenvalue weighted by Crippen LogP contribution is 2.13. The number of piperazine rings is 2. The van der Waals surface area contributed by atoms with Gasteiger partial charge in [0, 0.05) is 52.4 Å². The smallest absolute Gasteiger partial charge is 0.282 e. The molecule has 2 heterocycles. The second kappa shape index (κ2) is 5.60. The molecule has 0 saturated carbocycles. The van der Waals surface area contributed by atoms with Gasteiger partial charge in [0.1, 0.15) is 0 Å². The average molecular weight is 313 g/mol. The van der Waals surface area contributed by atoms with Gasteiger partial charge in [0.2, 0.25) is 0 Å². The molecule has 0 aromatic rings. The Hall–Kier alpha value is -0.300. The van der Waals surface area contributed by atoms with Crippen LogP contribution in [0.3, 0.4) is 0 Å². The first-order valence-electron chi connectivity index (χ1n) is 6.05. The Labute approximate surface area is 113 Å². The van der Waals surface area contributed by atoms with Crippen molar-refractivity contribution in [2.45, 2.75) is 0 Å². The number of nitrogens with two attached hydrogens (primary N) is 1.